The molecule has 94 valence electrons. The maximum atomic E-state index is 13.3. The lowest BCUT2D eigenvalue weighted by atomic mass is 10.2. The number of benzene rings is 1. The maximum absolute atomic E-state index is 13.3. The number of hydrogen-bond donors (Lipinski definition) is 1. The van der Waals surface area contributed by atoms with Gasteiger partial charge < -0.3 is 5.32 Å². The summed E-state index contributed by atoms with van der Waals surface area (Å²) >= 11 is 4.74. The highest BCUT2D eigenvalue weighted by Crippen LogP contribution is 2.22. The Hall–Kier alpha value is -1.27. The molecule has 6 heteroatoms. The molecular weight excluding hydrogens is 324 g/mol. The van der Waals surface area contributed by atoms with Crippen molar-refractivity contribution in [3.8, 4) is 0 Å². The van der Waals surface area contributed by atoms with Crippen molar-refractivity contribution < 1.29 is 13.6 Å². The first kappa shape index (κ1) is 13.2. The van der Waals surface area contributed by atoms with E-state index in [9.17, 15) is 13.6 Å². The van der Waals surface area contributed by atoms with Gasteiger partial charge >= 0.3 is 0 Å². The molecule has 0 bridgehead atoms. The van der Waals surface area contributed by atoms with Crippen LogP contribution in [0.25, 0.3) is 0 Å². The average molecular weight is 332 g/mol. The van der Waals surface area contributed by atoms with Crippen LogP contribution < -0.4 is 5.32 Å². The second-order valence-electron chi connectivity index (χ2n) is 3.49. The van der Waals surface area contributed by atoms with Gasteiger partial charge in [-0.25, -0.2) is 8.78 Å². The summed E-state index contributed by atoms with van der Waals surface area (Å²) in [6.07, 6.45) is 0. The SMILES string of the molecule is O=C(NCc1ccc(Br)s1)c1c(F)cccc1F. The van der Waals surface area contributed by atoms with Crippen LogP contribution in [-0.2, 0) is 6.54 Å². The molecule has 0 atom stereocenters. The minimum atomic E-state index is -0.861. The fourth-order valence-corrected chi connectivity index (χ4v) is 2.84. The summed E-state index contributed by atoms with van der Waals surface area (Å²) in [5.41, 5.74) is -0.548. The van der Waals surface area contributed by atoms with Gasteiger partial charge in [-0.1, -0.05) is 6.07 Å². The second-order valence-corrected chi connectivity index (χ2v) is 6.03. The largest absolute Gasteiger partial charge is 0.347 e. The van der Waals surface area contributed by atoms with Gasteiger partial charge in [-0.3, -0.25) is 4.79 Å². The molecule has 1 aromatic heterocycles. The van der Waals surface area contributed by atoms with Gasteiger partial charge in [-0.15, -0.1) is 11.3 Å². The normalized spacial score (nSPS) is 10.4. The molecule has 1 aromatic carbocycles. The fraction of sp³-hybridized carbons (Fsp3) is 0.0833. The molecule has 0 saturated carbocycles. The summed E-state index contributed by atoms with van der Waals surface area (Å²) in [5, 5.41) is 2.48. The van der Waals surface area contributed by atoms with Gasteiger partial charge in [-0.05, 0) is 40.2 Å². The van der Waals surface area contributed by atoms with E-state index in [1.807, 2.05) is 12.1 Å². The molecule has 0 fully saturated rings. The molecule has 0 aliphatic carbocycles. The smallest absolute Gasteiger partial charge is 0.257 e. The molecule has 0 aliphatic heterocycles. The lowest BCUT2D eigenvalue weighted by Crippen LogP contribution is -2.24. The molecule has 2 nitrogen and oxygen atoms in total. The van der Waals surface area contributed by atoms with Crippen LogP contribution in [0.4, 0.5) is 8.78 Å². The van der Waals surface area contributed by atoms with Crippen molar-refractivity contribution in [2.24, 2.45) is 0 Å². The molecule has 0 saturated heterocycles. The zero-order valence-electron chi connectivity index (χ0n) is 9.04. The molecular formula is C12H8BrF2NOS. The van der Waals surface area contributed by atoms with E-state index in [2.05, 4.69) is 21.2 Å². The summed E-state index contributed by atoms with van der Waals surface area (Å²) < 4.78 is 27.6. The monoisotopic (exact) mass is 331 g/mol. The van der Waals surface area contributed by atoms with E-state index in [0.717, 1.165) is 20.8 Å². The van der Waals surface area contributed by atoms with E-state index < -0.39 is 23.1 Å². The fourth-order valence-electron chi connectivity index (χ4n) is 1.42. The molecule has 2 rings (SSSR count). The van der Waals surface area contributed by atoms with Crippen molar-refractivity contribution in [2.45, 2.75) is 6.54 Å². The highest BCUT2D eigenvalue weighted by molar-refractivity contribution is 9.11. The van der Waals surface area contributed by atoms with Crippen molar-refractivity contribution in [2.75, 3.05) is 0 Å². The van der Waals surface area contributed by atoms with Crippen LogP contribution >= 0.6 is 27.3 Å². The van der Waals surface area contributed by atoms with Gasteiger partial charge in [-0.2, -0.15) is 0 Å². The number of carbonyl (C=O) groups excluding carboxylic acids is 1. The molecule has 0 unspecified atom stereocenters. The Morgan fingerprint density at radius 1 is 1.22 bits per heavy atom. The Kier molecular flexibility index (Phi) is 4.08. The van der Waals surface area contributed by atoms with Crippen molar-refractivity contribution in [3.63, 3.8) is 0 Å². The number of thiophene rings is 1. The predicted octanol–water partition coefficient (Wildman–Crippen LogP) is 3.72. The maximum Gasteiger partial charge on any atom is 0.257 e. The predicted molar refractivity (Wildman–Crippen MR) is 69.5 cm³/mol. The number of rotatable bonds is 3. The third-order valence-corrected chi connectivity index (χ3v) is 3.87. The Morgan fingerprint density at radius 3 is 2.44 bits per heavy atom. The summed E-state index contributed by atoms with van der Waals surface area (Å²) in [6, 6.07) is 7.00. The van der Waals surface area contributed by atoms with E-state index in [4.69, 9.17) is 0 Å². The zero-order valence-corrected chi connectivity index (χ0v) is 11.4. The summed E-state index contributed by atoms with van der Waals surface area (Å²) in [7, 11) is 0. The first-order valence-electron chi connectivity index (χ1n) is 5.04. The molecule has 0 radical (unpaired) electrons. The van der Waals surface area contributed by atoms with E-state index >= 15 is 0 Å². The van der Waals surface area contributed by atoms with Gasteiger partial charge in [0, 0.05) is 4.88 Å². The highest BCUT2D eigenvalue weighted by atomic mass is 79.9. The van der Waals surface area contributed by atoms with Gasteiger partial charge in [0.1, 0.15) is 17.2 Å². The second kappa shape index (κ2) is 5.58. The van der Waals surface area contributed by atoms with Gasteiger partial charge in [0.2, 0.25) is 0 Å². The Bertz CT molecular complexity index is 565. The van der Waals surface area contributed by atoms with Crippen LogP contribution in [0.3, 0.4) is 0 Å². The topological polar surface area (TPSA) is 29.1 Å². The van der Waals surface area contributed by atoms with Gasteiger partial charge in [0.25, 0.3) is 5.91 Å². The van der Waals surface area contributed by atoms with E-state index in [-0.39, 0.29) is 6.54 Å². The van der Waals surface area contributed by atoms with Crippen LogP contribution in [0, 0.1) is 11.6 Å². The molecule has 1 N–H and O–H groups in total. The van der Waals surface area contributed by atoms with Crippen molar-refractivity contribution in [3.05, 3.63) is 56.2 Å². The minimum absolute atomic E-state index is 0.239. The number of nitrogens with one attached hydrogen (secondary N) is 1. The Morgan fingerprint density at radius 2 is 1.89 bits per heavy atom. The lowest BCUT2D eigenvalue weighted by Gasteiger charge is -2.05. The van der Waals surface area contributed by atoms with Gasteiger partial charge in [0.05, 0.1) is 10.3 Å². The minimum Gasteiger partial charge on any atom is -0.347 e. The van der Waals surface area contributed by atoms with Crippen LogP contribution in [0.5, 0.6) is 0 Å². The number of hydrogen-bond acceptors (Lipinski definition) is 2. The first-order valence-corrected chi connectivity index (χ1v) is 6.65. The standard InChI is InChI=1S/C12H8BrF2NOS/c13-10-5-4-7(18-10)6-16-12(17)11-8(14)2-1-3-9(11)15/h1-5H,6H2,(H,16,17). The lowest BCUT2D eigenvalue weighted by molar-refractivity contribution is 0.0943. The van der Waals surface area contributed by atoms with Crippen LogP contribution in [0.15, 0.2) is 34.1 Å². The molecule has 0 spiro atoms. The summed E-state index contributed by atoms with van der Waals surface area (Å²) in [6.45, 7) is 0.239. The van der Waals surface area contributed by atoms with Crippen LogP contribution in [0.2, 0.25) is 0 Å². The Labute approximate surface area is 115 Å². The van der Waals surface area contributed by atoms with E-state index in [1.54, 1.807) is 0 Å². The van der Waals surface area contributed by atoms with E-state index in [1.165, 1.54) is 17.4 Å². The quantitative estimate of drug-likeness (QED) is 0.912. The molecule has 0 aliphatic rings. The number of carbonyl (C=O) groups is 1. The number of halogens is 3. The van der Waals surface area contributed by atoms with Crippen LogP contribution in [0.1, 0.15) is 15.2 Å². The third-order valence-electron chi connectivity index (χ3n) is 2.24. The number of amides is 1. The average Bonchev–Trinajstić information content (AvgIpc) is 2.72. The van der Waals surface area contributed by atoms with Crippen molar-refractivity contribution in [1.29, 1.82) is 0 Å². The Balaban J connectivity index is 2.08. The molecule has 1 amide bonds. The first-order chi connectivity index (χ1) is 8.58. The molecule has 18 heavy (non-hydrogen) atoms. The zero-order chi connectivity index (χ0) is 13.1. The van der Waals surface area contributed by atoms with Gasteiger partial charge in [0.15, 0.2) is 0 Å². The third kappa shape index (κ3) is 2.94. The summed E-state index contributed by atoms with van der Waals surface area (Å²) in [4.78, 5) is 12.6. The highest BCUT2D eigenvalue weighted by Gasteiger charge is 2.16. The molecule has 2 aromatic rings. The van der Waals surface area contributed by atoms with Crippen LogP contribution in [-0.4, -0.2) is 5.91 Å². The van der Waals surface area contributed by atoms with E-state index in [0.29, 0.717) is 0 Å². The molecule has 1 heterocycles. The van der Waals surface area contributed by atoms with Crippen molar-refractivity contribution in [1.82, 2.24) is 5.32 Å². The van der Waals surface area contributed by atoms with Crippen molar-refractivity contribution >= 4 is 33.2 Å². The summed E-state index contributed by atoms with van der Waals surface area (Å²) in [5.74, 6) is -2.48.